The number of nitrogens with zero attached hydrogens (tertiary/aromatic N) is 1. The van der Waals surface area contributed by atoms with Gasteiger partial charge in [0, 0.05) is 29.5 Å². The van der Waals surface area contributed by atoms with Crippen molar-refractivity contribution in [1.82, 2.24) is 0 Å². The summed E-state index contributed by atoms with van der Waals surface area (Å²) < 4.78 is 0. The van der Waals surface area contributed by atoms with Gasteiger partial charge in [0.05, 0.1) is 5.57 Å². The Morgan fingerprint density at radius 2 is 1.15 bits per heavy atom. The predicted molar refractivity (Wildman–Crippen MR) is 104 cm³/mol. The Balaban J connectivity index is 1.62. The molecule has 3 nitrogen and oxygen atoms in total. The number of Topliss-reactive ketones (excluding diaryl/α,β-unsaturated/α-hetero) is 2. The van der Waals surface area contributed by atoms with E-state index in [1.165, 1.54) is 0 Å². The van der Waals surface area contributed by atoms with Gasteiger partial charge in [-0.25, -0.2) is 0 Å². The standard InChI is InChI=1S/C23H17NO2/c1-24(17-7-3-2-4-8-17)18-13-11-16(12-14-18)15-21-22(25)19-9-5-6-10-20(19)23(21)26/h2-15H,1H3. The fraction of sp³-hybridized carbons (Fsp3) is 0.0435. The van der Waals surface area contributed by atoms with Crippen molar-refractivity contribution in [3.8, 4) is 0 Å². The van der Waals surface area contributed by atoms with E-state index in [9.17, 15) is 9.59 Å². The van der Waals surface area contributed by atoms with Crippen molar-refractivity contribution < 1.29 is 9.59 Å². The van der Waals surface area contributed by atoms with Gasteiger partial charge >= 0.3 is 0 Å². The van der Waals surface area contributed by atoms with Gasteiger partial charge in [-0.05, 0) is 35.9 Å². The second-order valence-electron chi connectivity index (χ2n) is 6.25. The van der Waals surface area contributed by atoms with E-state index in [2.05, 4.69) is 4.90 Å². The summed E-state index contributed by atoms with van der Waals surface area (Å²) >= 11 is 0. The lowest BCUT2D eigenvalue weighted by Gasteiger charge is -2.19. The molecule has 0 saturated carbocycles. The molecule has 3 aromatic rings. The average Bonchev–Trinajstić information content (AvgIpc) is 2.94. The second-order valence-corrected chi connectivity index (χ2v) is 6.25. The molecule has 0 N–H and O–H groups in total. The third-order valence-corrected chi connectivity index (χ3v) is 4.64. The van der Waals surface area contributed by atoms with E-state index in [0.29, 0.717) is 11.1 Å². The zero-order valence-electron chi connectivity index (χ0n) is 14.3. The molecule has 0 bridgehead atoms. The number of carbonyl (C=O) groups is 2. The monoisotopic (exact) mass is 339 g/mol. The Morgan fingerprint density at radius 1 is 0.654 bits per heavy atom. The Kier molecular flexibility index (Phi) is 3.98. The van der Waals surface area contributed by atoms with Gasteiger partial charge in [0.2, 0.25) is 0 Å². The van der Waals surface area contributed by atoms with Crippen molar-refractivity contribution in [2.45, 2.75) is 0 Å². The van der Waals surface area contributed by atoms with Crippen molar-refractivity contribution in [1.29, 1.82) is 0 Å². The smallest absolute Gasteiger partial charge is 0.197 e. The van der Waals surface area contributed by atoms with Crippen molar-refractivity contribution in [3.63, 3.8) is 0 Å². The molecule has 0 amide bonds. The minimum atomic E-state index is -0.198. The van der Waals surface area contributed by atoms with Crippen molar-refractivity contribution in [2.75, 3.05) is 11.9 Å². The summed E-state index contributed by atoms with van der Waals surface area (Å²) in [4.78, 5) is 27.0. The summed E-state index contributed by atoms with van der Waals surface area (Å²) in [5, 5.41) is 0. The molecule has 0 atom stereocenters. The van der Waals surface area contributed by atoms with Crippen molar-refractivity contribution in [3.05, 3.63) is 101 Å². The number of allylic oxidation sites excluding steroid dienone is 1. The number of para-hydroxylation sites is 1. The number of fused-ring (bicyclic) bond motifs is 1. The fourth-order valence-electron chi connectivity index (χ4n) is 3.16. The number of hydrogen-bond acceptors (Lipinski definition) is 3. The van der Waals surface area contributed by atoms with E-state index in [0.717, 1.165) is 16.9 Å². The summed E-state index contributed by atoms with van der Waals surface area (Å²) in [6, 6.07) is 24.8. The van der Waals surface area contributed by atoms with Crippen molar-refractivity contribution >= 4 is 29.0 Å². The van der Waals surface area contributed by atoms with E-state index < -0.39 is 0 Å². The Labute approximate surface area is 152 Å². The van der Waals surface area contributed by atoms with Crippen LogP contribution in [0.1, 0.15) is 26.3 Å². The highest BCUT2D eigenvalue weighted by Crippen LogP contribution is 2.29. The van der Waals surface area contributed by atoms with Gasteiger partial charge in [-0.1, -0.05) is 54.6 Å². The van der Waals surface area contributed by atoms with E-state index in [4.69, 9.17) is 0 Å². The zero-order chi connectivity index (χ0) is 18.1. The lowest BCUT2D eigenvalue weighted by Crippen LogP contribution is -2.08. The molecule has 0 radical (unpaired) electrons. The van der Waals surface area contributed by atoms with E-state index >= 15 is 0 Å². The van der Waals surface area contributed by atoms with Crippen LogP contribution in [0.25, 0.3) is 6.08 Å². The number of carbonyl (C=O) groups excluding carboxylic acids is 2. The summed E-state index contributed by atoms with van der Waals surface area (Å²) in [5.74, 6) is -0.396. The van der Waals surface area contributed by atoms with Gasteiger partial charge in [0.15, 0.2) is 11.6 Å². The average molecular weight is 339 g/mol. The maximum atomic E-state index is 12.5. The lowest BCUT2D eigenvalue weighted by molar-refractivity contribution is 0.0990. The van der Waals surface area contributed by atoms with Gasteiger partial charge in [-0.2, -0.15) is 0 Å². The van der Waals surface area contributed by atoms with Crippen LogP contribution in [0.4, 0.5) is 11.4 Å². The van der Waals surface area contributed by atoms with E-state index in [1.54, 1.807) is 30.3 Å². The predicted octanol–water partition coefficient (Wildman–Crippen LogP) is 4.92. The first-order chi connectivity index (χ1) is 12.6. The number of benzene rings is 3. The van der Waals surface area contributed by atoms with E-state index in [1.807, 2.05) is 61.6 Å². The molecular formula is C23H17NO2. The van der Waals surface area contributed by atoms with Gasteiger partial charge in [-0.3, -0.25) is 9.59 Å². The number of anilines is 2. The molecule has 0 aromatic heterocycles. The van der Waals surface area contributed by atoms with Crippen LogP contribution < -0.4 is 4.90 Å². The highest BCUT2D eigenvalue weighted by atomic mass is 16.2. The summed E-state index contributed by atoms with van der Waals surface area (Å²) in [5.41, 5.74) is 4.17. The van der Waals surface area contributed by atoms with Gasteiger partial charge in [-0.15, -0.1) is 0 Å². The maximum absolute atomic E-state index is 12.5. The molecule has 0 unspecified atom stereocenters. The van der Waals surface area contributed by atoms with Crippen LogP contribution in [0.3, 0.4) is 0 Å². The highest BCUT2D eigenvalue weighted by Gasteiger charge is 2.32. The first kappa shape index (κ1) is 16.0. The molecule has 4 rings (SSSR count). The third kappa shape index (κ3) is 2.74. The molecule has 126 valence electrons. The maximum Gasteiger partial charge on any atom is 0.197 e. The minimum Gasteiger partial charge on any atom is -0.345 e. The lowest BCUT2D eigenvalue weighted by atomic mass is 10.1. The largest absolute Gasteiger partial charge is 0.345 e. The molecule has 0 fully saturated rings. The highest BCUT2D eigenvalue weighted by molar-refractivity contribution is 6.41. The molecule has 0 aliphatic heterocycles. The van der Waals surface area contributed by atoms with Crippen LogP contribution in [0.2, 0.25) is 0 Å². The van der Waals surface area contributed by atoms with Gasteiger partial charge in [0.25, 0.3) is 0 Å². The molecule has 1 aliphatic carbocycles. The first-order valence-corrected chi connectivity index (χ1v) is 8.44. The second kappa shape index (κ2) is 6.45. The number of rotatable bonds is 3. The van der Waals surface area contributed by atoms with Crippen LogP contribution in [0, 0.1) is 0 Å². The SMILES string of the molecule is CN(c1ccccc1)c1ccc(C=C2C(=O)c3ccccc3C2=O)cc1. The molecule has 1 aliphatic rings. The van der Waals surface area contributed by atoms with Crippen LogP contribution in [0.15, 0.2) is 84.4 Å². The quantitative estimate of drug-likeness (QED) is 0.502. The first-order valence-electron chi connectivity index (χ1n) is 8.44. The van der Waals surface area contributed by atoms with Crippen LogP contribution in [-0.4, -0.2) is 18.6 Å². The molecule has 26 heavy (non-hydrogen) atoms. The molecule has 0 saturated heterocycles. The normalized spacial score (nSPS) is 12.9. The number of hydrogen-bond donors (Lipinski definition) is 0. The number of ketones is 2. The van der Waals surface area contributed by atoms with Gasteiger partial charge < -0.3 is 4.90 Å². The molecule has 0 spiro atoms. The van der Waals surface area contributed by atoms with Gasteiger partial charge in [0.1, 0.15) is 0 Å². The molecule has 3 aromatic carbocycles. The zero-order valence-corrected chi connectivity index (χ0v) is 14.3. The van der Waals surface area contributed by atoms with Crippen molar-refractivity contribution in [2.24, 2.45) is 0 Å². The van der Waals surface area contributed by atoms with Crippen LogP contribution >= 0.6 is 0 Å². The fourth-order valence-corrected chi connectivity index (χ4v) is 3.16. The topological polar surface area (TPSA) is 37.4 Å². The molecule has 3 heteroatoms. The van der Waals surface area contributed by atoms with E-state index in [-0.39, 0.29) is 17.1 Å². The van der Waals surface area contributed by atoms with Crippen LogP contribution in [-0.2, 0) is 0 Å². The summed E-state index contributed by atoms with van der Waals surface area (Å²) in [6.07, 6.45) is 1.68. The molecule has 0 heterocycles. The summed E-state index contributed by atoms with van der Waals surface area (Å²) in [6.45, 7) is 0. The Hall–Kier alpha value is -3.46. The molecular weight excluding hydrogens is 322 g/mol. The third-order valence-electron chi connectivity index (χ3n) is 4.64. The van der Waals surface area contributed by atoms with Crippen LogP contribution in [0.5, 0.6) is 0 Å². The summed E-state index contributed by atoms with van der Waals surface area (Å²) in [7, 11) is 2.00. The Bertz CT molecular complexity index is 981. The Morgan fingerprint density at radius 3 is 1.73 bits per heavy atom. The minimum absolute atomic E-state index is 0.198.